The fourth-order valence-electron chi connectivity index (χ4n) is 2.76. The smallest absolute Gasteiger partial charge is 0.326 e. The number of amides is 1. The van der Waals surface area contributed by atoms with Gasteiger partial charge in [0.05, 0.1) is 6.10 Å². The Morgan fingerprint density at radius 1 is 1.38 bits per heavy atom. The standard InChI is InChI=1S/C16H21NO4/c1-11(12-6-4-3-5-7-12)8-15(18)17-10-13(21-2)9-14(17)16(19)20/h3-7,11,13-14H,8-10H2,1-2H3,(H,19,20). The molecule has 1 aromatic rings. The molecule has 0 bridgehead atoms. The predicted molar refractivity (Wildman–Crippen MR) is 78.0 cm³/mol. The maximum atomic E-state index is 12.4. The van der Waals surface area contributed by atoms with Crippen LogP contribution in [0.3, 0.4) is 0 Å². The van der Waals surface area contributed by atoms with Crippen LogP contribution in [0.15, 0.2) is 30.3 Å². The molecule has 0 spiro atoms. The lowest BCUT2D eigenvalue weighted by Gasteiger charge is -2.23. The van der Waals surface area contributed by atoms with Crippen molar-refractivity contribution in [3.8, 4) is 0 Å². The molecule has 1 amide bonds. The van der Waals surface area contributed by atoms with E-state index in [4.69, 9.17) is 4.74 Å². The summed E-state index contributed by atoms with van der Waals surface area (Å²) in [5.74, 6) is -1.02. The van der Waals surface area contributed by atoms with Crippen molar-refractivity contribution in [1.29, 1.82) is 0 Å². The first-order valence-corrected chi connectivity index (χ1v) is 7.13. The molecule has 0 saturated carbocycles. The first kappa shape index (κ1) is 15.5. The molecule has 1 aliphatic rings. The Kier molecular flexibility index (Phi) is 4.96. The second kappa shape index (κ2) is 6.72. The maximum Gasteiger partial charge on any atom is 0.326 e. The molecule has 1 aromatic carbocycles. The van der Waals surface area contributed by atoms with Crippen molar-refractivity contribution in [2.24, 2.45) is 0 Å². The molecule has 1 heterocycles. The van der Waals surface area contributed by atoms with Gasteiger partial charge in [-0.1, -0.05) is 37.3 Å². The minimum atomic E-state index is -0.963. The van der Waals surface area contributed by atoms with E-state index in [0.717, 1.165) is 5.56 Å². The minimum absolute atomic E-state index is 0.0646. The number of hydrogen-bond donors (Lipinski definition) is 1. The Labute approximate surface area is 124 Å². The fraction of sp³-hybridized carbons (Fsp3) is 0.500. The van der Waals surface area contributed by atoms with Gasteiger partial charge in [0.1, 0.15) is 6.04 Å². The van der Waals surface area contributed by atoms with Crippen LogP contribution in [-0.2, 0) is 14.3 Å². The number of hydrogen-bond acceptors (Lipinski definition) is 3. The van der Waals surface area contributed by atoms with Gasteiger partial charge in [-0.05, 0) is 11.5 Å². The number of rotatable bonds is 5. The summed E-state index contributed by atoms with van der Waals surface area (Å²) in [6.07, 6.45) is 0.476. The molecule has 21 heavy (non-hydrogen) atoms. The monoisotopic (exact) mass is 291 g/mol. The molecule has 1 aliphatic heterocycles. The van der Waals surface area contributed by atoms with E-state index in [1.165, 1.54) is 4.90 Å². The van der Waals surface area contributed by atoms with Crippen molar-refractivity contribution in [2.45, 2.75) is 37.8 Å². The Morgan fingerprint density at radius 2 is 2.05 bits per heavy atom. The van der Waals surface area contributed by atoms with E-state index in [9.17, 15) is 14.7 Å². The van der Waals surface area contributed by atoms with Gasteiger partial charge in [0.25, 0.3) is 0 Å². The maximum absolute atomic E-state index is 12.4. The second-order valence-electron chi connectivity index (χ2n) is 5.51. The third kappa shape index (κ3) is 3.61. The van der Waals surface area contributed by atoms with Crippen LogP contribution in [0.4, 0.5) is 0 Å². The summed E-state index contributed by atoms with van der Waals surface area (Å²) in [4.78, 5) is 25.1. The minimum Gasteiger partial charge on any atom is -0.480 e. The number of carbonyl (C=O) groups is 2. The highest BCUT2D eigenvalue weighted by Crippen LogP contribution is 2.25. The Balaban J connectivity index is 2.03. The topological polar surface area (TPSA) is 66.8 Å². The molecule has 114 valence electrons. The molecular formula is C16H21NO4. The van der Waals surface area contributed by atoms with Gasteiger partial charge in [-0.15, -0.1) is 0 Å². The van der Waals surface area contributed by atoms with E-state index in [1.807, 2.05) is 37.3 Å². The molecule has 0 aromatic heterocycles. The molecule has 2 rings (SSSR count). The molecule has 5 nitrogen and oxygen atoms in total. The molecule has 1 saturated heterocycles. The van der Waals surface area contributed by atoms with Crippen molar-refractivity contribution < 1.29 is 19.4 Å². The third-order valence-electron chi connectivity index (χ3n) is 4.05. The largest absolute Gasteiger partial charge is 0.480 e. The number of nitrogens with zero attached hydrogens (tertiary/aromatic N) is 1. The second-order valence-corrected chi connectivity index (χ2v) is 5.51. The molecule has 1 fully saturated rings. The summed E-state index contributed by atoms with van der Waals surface area (Å²) in [5.41, 5.74) is 1.08. The Morgan fingerprint density at radius 3 is 2.62 bits per heavy atom. The van der Waals surface area contributed by atoms with Crippen molar-refractivity contribution in [3.05, 3.63) is 35.9 Å². The fourth-order valence-corrected chi connectivity index (χ4v) is 2.76. The number of aliphatic carboxylic acids is 1. The average molecular weight is 291 g/mol. The van der Waals surface area contributed by atoms with E-state index in [-0.39, 0.29) is 17.9 Å². The van der Waals surface area contributed by atoms with Crippen LogP contribution in [0.1, 0.15) is 31.2 Å². The molecule has 0 aliphatic carbocycles. The van der Waals surface area contributed by atoms with Crippen molar-refractivity contribution in [3.63, 3.8) is 0 Å². The van der Waals surface area contributed by atoms with Crippen LogP contribution < -0.4 is 0 Å². The molecule has 5 heteroatoms. The quantitative estimate of drug-likeness (QED) is 0.899. The van der Waals surface area contributed by atoms with Gasteiger partial charge < -0.3 is 14.7 Å². The molecule has 3 atom stereocenters. The third-order valence-corrected chi connectivity index (χ3v) is 4.05. The van der Waals surface area contributed by atoms with Gasteiger partial charge in [-0.25, -0.2) is 4.79 Å². The summed E-state index contributed by atoms with van der Waals surface area (Å²) in [5, 5.41) is 9.25. The zero-order chi connectivity index (χ0) is 15.4. The number of ether oxygens (including phenoxy) is 1. The lowest BCUT2D eigenvalue weighted by Crippen LogP contribution is -2.41. The normalized spacial score (nSPS) is 23.0. The van der Waals surface area contributed by atoms with E-state index >= 15 is 0 Å². The van der Waals surface area contributed by atoms with Crippen molar-refractivity contribution >= 4 is 11.9 Å². The van der Waals surface area contributed by atoms with E-state index < -0.39 is 12.0 Å². The van der Waals surface area contributed by atoms with Gasteiger partial charge in [-0.2, -0.15) is 0 Å². The van der Waals surface area contributed by atoms with Crippen LogP contribution in [-0.4, -0.2) is 47.7 Å². The van der Waals surface area contributed by atoms with Crippen LogP contribution in [0.25, 0.3) is 0 Å². The summed E-state index contributed by atoms with van der Waals surface area (Å²) in [6, 6.07) is 9.00. The van der Waals surface area contributed by atoms with Crippen molar-refractivity contribution in [2.75, 3.05) is 13.7 Å². The van der Waals surface area contributed by atoms with Crippen LogP contribution in [0, 0.1) is 0 Å². The molecule has 0 radical (unpaired) electrons. The number of carboxylic acid groups (broad SMARTS) is 1. The van der Waals surface area contributed by atoms with Crippen LogP contribution >= 0.6 is 0 Å². The lowest BCUT2D eigenvalue weighted by molar-refractivity contribution is -0.148. The highest BCUT2D eigenvalue weighted by Gasteiger charge is 2.39. The number of carbonyl (C=O) groups excluding carboxylic acids is 1. The van der Waals surface area contributed by atoms with Gasteiger partial charge >= 0.3 is 5.97 Å². The first-order valence-electron chi connectivity index (χ1n) is 7.13. The molecule has 1 N–H and O–H groups in total. The van der Waals surface area contributed by atoms with E-state index in [1.54, 1.807) is 7.11 Å². The number of methoxy groups -OCH3 is 1. The molecule has 3 unspecified atom stereocenters. The van der Waals surface area contributed by atoms with Crippen molar-refractivity contribution in [1.82, 2.24) is 4.90 Å². The van der Waals surface area contributed by atoms with E-state index in [2.05, 4.69) is 0 Å². The highest BCUT2D eigenvalue weighted by molar-refractivity contribution is 5.84. The Hall–Kier alpha value is -1.88. The summed E-state index contributed by atoms with van der Waals surface area (Å²) in [7, 11) is 1.55. The average Bonchev–Trinajstić information content (AvgIpc) is 2.92. The predicted octanol–water partition coefficient (Wildman–Crippen LogP) is 1.88. The zero-order valence-electron chi connectivity index (χ0n) is 12.4. The van der Waals surface area contributed by atoms with E-state index in [0.29, 0.717) is 19.4 Å². The van der Waals surface area contributed by atoms with Gasteiger partial charge in [0.15, 0.2) is 0 Å². The van der Waals surface area contributed by atoms with Gasteiger partial charge in [0, 0.05) is 26.5 Å². The highest BCUT2D eigenvalue weighted by atomic mass is 16.5. The van der Waals surface area contributed by atoms with Gasteiger partial charge in [0.2, 0.25) is 5.91 Å². The first-order chi connectivity index (χ1) is 10.0. The van der Waals surface area contributed by atoms with Gasteiger partial charge in [-0.3, -0.25) is 4.79 Å². The number of likely N-dealkylation sites (tertiary alicyclic amines) is 1. The summed E-state index contributed by atoms with van der Waals surface area (Å²) >= 11 is 0. The lowest BCUT2D eigenvalue weighted by atomic mass is 9.97. The summed E-state index contributed by atoms with van der Waals surface area (Å²) < 4.78 is 5.20. The molecular weight excluding hydrogens is 270 g/mol. The van der Waals surface area contributed by atoms with Crippen LogP contribution in [0.2, 0.25) is 0 Å². The van der Waals surface area contributed by atoms with Crippen LogP contribution in [0.5, 0.6) is 0 Å². The Bertz CT molecular complexity index is 502. The zero-order valence-corrected chi connectivity index (χ0v) is 12.4. The SMILES string of the molecule is COC1CC(C(=O)O)N(C(=O)CC(C)c2ccccc2)C1. The summed E-state index contributed by atoms with van der Waals surface area (Å²) in [6.45, 7) is 2.33. The number of carboxylic acids is 1. The number of benzene rings is 1.